The highest BCUT2D eigenvalue weighted by Crippen LogP contribution is 2.68. The van der Waals surface area contributed by atoms with Gasteiger partial charge in [0.25, 0.3) is 0 Å². The highest BCUT2D eigenvalue weighted by atomic mass is 16.3. The molecule has 0 aliphatic heterocycles. The molecule has 0 bridgehead atoms. The van der Waals surface area contributed by atoms with Crippen LogP contribution in [0.15, 0.2) is 10.1 Å². The average Bonchev–Trinajstić information content (AvgIpc) is 3.30. The van der Waals surface area contributed by atoms with Crippen LogP contribution in [0.2, 0.25) is 0 Å². The van der Waals surface area contributed by atoms with E-state index in [2.05, 4.69) is 56.9 Å². The van der Waals surface area contributed by atoms with E-state index in [4.69, 9.17) is 10.5 Å². The summed E-state index contributed by atoms with van der Waals surface area (Å²) in [5.41, 5.74) is 10.6. The molecule has 0 heterocycles. The summed E-state index contributed by atoms with van der Waals surface area (Å²) in [7, 11) is 0. The SMILES string of the molecule is CC(C)[C@H](C)CC[C@@H](C)[C@H]1CCC2C3C(CC[C@@]21C)[C@@]1(C)CC/C(=N\CCCNCCCCN=[N+]=[N-])C[C@@H]1C[C@H]3O. The first-order chi connectivity index (χ1) is 19.6. The monoisotopic (exact) mass is 570 g/mol. The standard InChI is InChI=1S/C35H63N5O/c1-24(2)25(3)10-11-26(4)29-12-13-30-33-31(15-17-35(29,30)6)34(5)16-14-28(22-27(34)23-32(33)41)38-20-9-19-37-18-7-8-21-39-40-36/h24-27,29-33,37,41H,7-23H2,1-6H3/b38-28+/t25-,26-,27-,29-,30?,31?,32-,33?,34+,35-/m1/s1. The fraction of sp³-hybridized carbons (Fsp3) is 0.971. The van der Waals surface area contributed by atoms with Gasteiger partial charge in [0.2, 0.25) is 0 Å². The lowest BCUT2D eigenvalue weighted by molar-refractivity contribution is -0.157. The Morgan fingerprint density at radius 3 is 2.46 bits per heavy atom. The van der Waals surface area contributed by atoms with Gasteiger partial charge in [-0.05, 0) is 147 Å². The second kappa shape index (κ2) is 14.6. The Kier molecular flexibility index (Phi) is 11.7. The van der Waals surface area contributed by atoms with Gasteiger partial charge in [-0.3, -0.25) is 4.99 Å². The third-order valence-electron chi connectivity index (χ3n) is 13.3. The van der Waals surface area contributed by atoms with Crippen molar-refractivity contribution < 1.29 is 5.11 Å². The van der Waals surface area contributed by atoms with Crippen molar-refractivity contribution in [2.45, 2.75) is 131 Å². The first-order valence-corrected chi connectivity index (χ1v) is 17.5. The molecule has 0 amide bonds. The number of azide groups is 1. The number of rotatable bonds is 14. The van der Waals surface area contributed by atoms with Crippen LogP contribution >= 0.6 is 0 Å². The lowest BCUT2D eigenvalue weighted by atomic mass is 9.43. The van der Waals surface area contributed by atoms with Crippen molar-refractivity contribution >= 4 is 5.71 Å². The summed E-state index contributed by atoms with van der Waals surface area (Å²) in [4.78, 5) is 7.87. The molecule has 2 N–H and O–H groups in total. The van der Waals surface area contributed by atoms with Crippen molar-refractivity contribution in [1.82, 2.24) is 5.32 Å². The van der Waals surface area contributed by atoms with Gasteiger partial charge in [0.15, 0.2) is 0 Å². The molecular weight excluding hydrogens is 506 g/mol. The molecule has 0 aromatic rings. The molecule has 6 heteroatoms. The van der Waals surface area contributed by atoms with Crippen LogP contribution in [0.4, 0.5) is 0 Å². The second-order valence-electron chi connectivity index (χ2n) is 15.7. The van der Waals surface area contributed by atoms with Crippen molar-refractivity contribution in [3.05, 3.63) is 10.4 Å². The van der Waals surface area contributed by atoms with E-state index in [9.17, 15) is 5.11 Å². The Hall–Kier alpha value is -1.10. The molecule has 4 aliphatic rings. The van der Waals surface area contributed by atoms with Gasteiger partial charge in [-0.15, -0.1) is 0 Å². The van der Waals surface area contributed by atoms with E-state index in [0.717, 1.165) is 81.8 Å². The maximum atomic E-state index is 11.8. The Morgan fingerprint density at radius 1 is 0.951 bits per heavy atom. The van der Waals surface area contributed by atoms with E-state index >= 15 is 0 Å². The molecule has 4 rings (SSSR count). The third kappa shape index (κ3) is 7.35. The Balaban J connectivity index is 1.29. The molecule has 234 valence electrons. The zero-order valence-corrected chi connectivity index (χ0v) is 27.5. The Bertz CT molecular complexity index is 914. The van der Waals surface area contributed by atoms with Crippen LogP contribution in [0.3, 0.4) is 0 Å². The fourth-order valence-corrected chi connectivity index (χ4v) is 10.3. The molecule has 10 atom stereocenters. The molecule has 0 saturated heterocycles. The number of aliphatic hydroxyl groups is 1. The molecule has 0 radical (unpaired) electrons. The molecule has 0 spiro atoms. The van der Waals surface area contributed by atoms with Gasteiger partial charge in [0.1, 0.15) is 0 Å². The summed E-state index contributed by atoms with van der Waals surface area (Å²) < 4.78 is 0. The van der Waals surface area contributed by atoms with E-state index in [0.29, 0.717) is 41.0 Å². The lowest BCUT2D eigenvalue weighted by Crippen LogP contribution is -2.58. The maximum absolute atomic E-state index is 11.8. The fourth-order valence-electron chi connectivity index (χ4n) is 10.3. The van der Waals surface area contributed by atoms with Gasteiger partial charge in [0, 0.05) is 23.7 Å². The number of aliphatic imine (C=N–C) groups is 1. The molecule has 4 saturated carbocycles. The molecular formula is C35H63N5O. The van der Waals surface area contributed by atoms with Crippen LogP contribution in [-0.2, 0) is 0 Å². The molecule has 0 aromatic heterocycles. The summed E-state index contributed by atoms with van der Waals surface area (Å²) in [5.74, 6) is 5.75. The Morgan fingerprint density at radius 2 is 1.71 bits per heavy atom. The van der Waals surface area contributed by atoms with Crippen molar-refractivity contribution in [2.75, 3.05) is 26.2 Å². The number of nitrogens with one attached hydrogen (secondary N) is 1. The summed E-state index contributed by atoms with van der Waals surface area (Å²) in [6, 6.07) is 0. The largest absolute Gasteiger partial charge is 0.393 e. The molecule has 0 aromatic carbocycles. The first kappa shape index (κ1) is 32.8. The number of hydrogen-bond donors (Lipinski definition) is 2. The molecule has 6 nitrogen and oxygen atoms in total. The Labute approximate surface area is 251 Å². The van der Waals surface area contributed by atoms with Crippen LogP contribution in [0.5, 0.6) is 0 Å². The van der Waals surface area contributed by atoms with E-state index in [1.807, 2.05) is 0 Å². The number of unbranched alkanes of at least 4 members (excludes halogenated alkanes) is 1. The van der Waals surface area contributed by atoms with Gasteiger partial charge in [-0.25, -0.2) is 0 Å². The predicted octanol–water partition coefficient (Wildman–Crippen LogP) is 8.84. The smallest absolute Gasteiger partial charge is 0.0577 e. The summed E-state index contributed by atoms with van der Waals surface area (Å²) in [6.07, 6.45) is 15.7. The number of fused-ring (bicyclic) bond motifs is 5. The normalized spacial score (nSPS) is 39.1. The number of aliphatic hydroxyl groups excluding tert-OH is 1. The third-order valence-corrected chi connectivity index (χ3v) is 13.3. The minimum Gasteiger partial charge on any atom is -0.393 e. The summed E-state index contributed by atoms with van der Waals surface area (Å²) >= 11 is 0. The minimum absolute atomic E-state index is 0.125. The van der Waals surface area contributed by atoms with Crippen LogP contribution < -0.4 is 5.32 Å². The lowest BCUT2D eigenvalue weighted by Gasteiger charge is -2.62. The highest BCUT2D eigenvalue weighted by molar-refractivity contribution is 5.85. The maximum Gasteiger partial charge on any atom is 0.0577 e. The van der Waals surface area contributed by atoms with Crippen molar-refractivity contribution in [1.29, 1.82) is 0 Å². The van der Waals surface area contributed by atoms with Crippen molar-refractivity contribution in [2.24, 2.45) is 68.3 Å². The first-order valence-electron chi connectivity index (χ1n) is 17.5. The van der Waals surface area contributed by atoms with Gasteiger partial charge in [-0.2, -0.15) is 0 Å². The average molecular weight is 570 g/mol. The van der Waals surface area contributed by atoms with Gasteiger partial charge in [-0.1, -0.05) is 59.5 Å². The predicted molar refractivity (Wildman–Crippen MR) is 172 cm³/mol. The quantitative estimate of drug-likeness (QED) is 0.0946. The number of hydrogen-bond acceptors (Lipinski definition) is 4. The van der Waals surface area contributed by atoms with Crippen LogP contribution in [0, 0.1) is 58.2 Å². The van der Waals surface area contributed by atoms with Gasteiger partial charge < -0.3 is 10.4 Å². The molecule has 4 aliphatic carbocycles. The van der Waals surface area contributed by atoms with Gasteiger partial charge in [0.05, 0.1) is 6.10 Å². The van der Waals surface area contributed by atoms with Crippen LogP contribution in [0.25, 0.3) is 10.4 Å². The second-order valence-corrected chi connectivity index (χ2v) is 15.7. The van der Waals surface area contributed by atoms with E-state index < -0.39 is 0 Å². The van der Waals surface area contributed by atoms with E-state index in [1.165, 1.54) is 50.7 Å². The molecule has 4 fully saturated rings. The van der Waals surface area contributed by atoms with Crippen molar-refractivity contribution in [3.63, 3.8) is 0 Å². The molecule has 3 unspecified atom stereocenters. The zero-order chi connectivity index (χ0) is 29.6. The van der Waals surface area contributed by atoms with E-state index in [-0.39, 0.29) is 6.10 Å². The zero-order valence-electron chi connectivity index (χ0n) is 27.5. The number of nitrogens with zero attached hydrogens (tertiary/aromatic N) is 4. The van der Waals surface area contributed by atoms with Gasteiger partial charge >= 0.3 is 0 Å². The topological polar surface area (TPSA) is 93.4 Å². The van der Waals surface area contributed by atoms with Crippen LogP contribution in [0.1, 0.15) is 125 Å². The minimum atomic E-state index is -0.125. The molecule has 41 heavy (non-hydrogen) atoms. The van der Waals surface area contributed by atoms with E-state index in [1.54, 1.807) is 0 Å². The van der Waals surface area contributed by atoms with Crippen molar-refractivity contribution in [3.8, 4) is 0 Å². The summed E-state index contributed by atoms with van der Waals surface area (Å²) in [6.45, 7) is 18.5. The summed E-state index contributed by atoms with van der Waals surface area (Å²) in [5, 5.41) is 18.9. The highest BCUT2D eigenvalue weighted by Gasteiger charge is 2.62. The van der Waals surface area contributed by atoms with Crippen LogP contribution in [-0.4, -0.2) is 43.1 Å².